The Morgan fingerprint density at radius 3 is 1.14 bits per heavy atom. The molecule has 56 heavy (non-hydrogen) atoms. The van der Waals surface area contributed by atoms with Gasteiger partial charge in [-0.25, -0.2) is 0 Å². The zero-order chi connectivity index (χ0) is 39.1. The molecule has 0 spiro atoms. The highest BCUT2D eigenvalue weighted by atomic mass is 16.3. The van der Waals surface area contributed by atoms with Crippen molar-refractivity contribution in [3.63, 3.8) is 0 Å². The molecule has 0 bridgehead atoms. The van der Waals surface area contributed by atoms with Crippen molar-refractivity contribution < 1.29 is 29.1 Å². The summed E-state index contributed by atoms with van der Waals surface area (Å²) >= 11 is 0. The average molecular weight is 750 g/mol. The highest BCUT2D eigenvalue weighted by Gasteiger charge is 2.51. The Morgan fingerprint density at radius 1 is 0.411 bits per heavy atom. The highest BCUT2D eigenvalue weighted by Crippen LogP contribution is 2.38. The van der Waals surface area contributed by atoms with E-state index in [1.165, 1.54) is 19.6 Å². The van der Waals surface area contributed by atoms with E-state index in [0.717, 1.165) is 27.2 Å². The van der Waals surface area contributed by atoms with E-state index in [0.29, 0.717) is 0 Å². The van der Waals surface area contributed by atoms with Gasteiger partial charge in [0.15, 0.2) is 5.72 Å². The summed E-state index contributed by atoms with van der Waals surface area (Å²) in [5.41, 5.74) is 1.40. The highest BCUT2D eigenvalue weighted by molar-refractivity contribution is 6.02. The standard InChI is InChI=1S/C45H43N5O6/c51-40-29-46(25-34-15-5-1-6-16-34)41(52)30-48(27-36-19-9-3-10-20-36)43(54)32-50-44(55)38-23-13-14-24-39(38)45(50,56)33-49(28-37-21-11-4-12-22-37)42(53)31-47(40)26-35-17-7-2-8-18-35/h1-24,56H,25-33H2. The van der Waals surface area contributed by atoms with Crippen LogP contribution in [-0.2, 0) is 51.1 Å². The van der Waals surface area contributed by atoms with Gasteiger partial charge in [0, 0.05) is 37.3 Å². The van der Waals surface area contributed by atoms with Crippen LogP contribution in [0.2, 0.25) is 0 Å². The summed E-state index contributed by atoms with van der Waals surface area (Å²) in [7, 11) is 0. The van der Waals surface area contributed by atoms with Gasteiger partial charge in [-0.15, -0.1) is 0 Å². The predicted octanol–water partition coefficient (Wildman–Crippen LogP) is 4.42. The third-order valence-corrected chi connectivity index (χ3v) is 10.2. The quantitative estimate of drug-likeness (QED) is 0.251. The number of β-amino-alcohol motifs (C(OH)–C–C–N with tert-alkyl or cyclic N) is 1. The molecule has 5 aromatic carbocycles. The molecule has 0 aromatic heterocycles. The van der Waals surface area contributed by atoms with E-state index in [1.807, 2.05) is 121 Å². The van der Waals surface area contributed by atoms with Gasteiger partial charge < -0.3 is 24.7 Å². The molecule has 0 aliphatic carbocycles. The minimum Gasteiger partial charge on any atom is -0.365 e. The molecule has 5 aromatic rings. The molecule has 7 rings (SSSR count). The SMILES string of the molecule is O=C1CN(Cc2ccccc2)C(=O)CN2C(=O)c3ccccc3C2(O)CN(Cc2ccccc2)C(=O)CN(Cc2ccccc2)C(=O)CN1Cc1ccccc1. The van der Waals surface area contributed by atoms with Crippen molar-refractivity contribution in [2.45, 2.75) is 31.9 Å². The molecule has 1 fully saturated rings. The number of amides is 5. The molecular formula is C45H43N5O6. The van der Waals surface area contributed by atoms with E-state index in [-0.39, 0.29) is 56.9 Å². The zero-order valence-electron chi connectivity index (χ0n) is 30.9. The van der Waals surface area contributed by atoms with Crippen LogP contribution in [0, 0.1) is 0 Å². The van der Waals surface area contributed by atoms with Crippen LogP contribution >= 0.6 is 0 Å². The first kappa shape index (κ1) is 37.7. The minimum atomic E-state index is -2.12. The zero-order valence-corrected chi connectivity index (χ0v) is 30.9. The van der Waals surface area contributed by atoms with Crippen molar-refractivity contribution in [2.75, 3.05) is 32.7 Å². The van der Waals surface area contributed by atoms with E-state index in [2.05, 4.69) is 0 Å². The Bertz CT molecular complexity index is 2190. The molecule has 0 radical (unpaired) electrons. The lowest BCUT2D eigenvalue weighted by atomic mass is 10.00. The third kappa shape index (κ3) is 8.53. The van der Waals surface area contributed by atoms with Gasteiger partial charge in [0.1, 0.15) is 26.2 Å². The Labute approximate surface area is 326 Å². The van der Waals surface area contributed by atoms with Crippen molar-refractivity contribution in [2.24, 2.45) is 0 Å². The molecule has 5 amide bonds. The van der Waals surface area contributed by atoms with Gasteiger partial charge in [0.25, 0.3) is 5.91 Å². The Hall–Kier alpha value is -6.59. The Kier molecular flexibility index (Phi) is 11.3. The summed E-state index contributed by atoms with van der Waals surface area (Å²) in [6.45, 7) is -1.87. The Balaban J connectivity index is 1.34. The van der Waals surface area contributed by atoms with Gasteiger partial charge in [-0.2, -0.15) is 0 Å². The molecule has 1 unspecified atom stereocenters. The van der Waals surface area contributed by atoms with Crippen molar-refractivity contribution in [3.8, 4) is 0 Å². The van der Waals surface area contributed by atoms with Crippen LogP contribution in [0.5, 0.6) is 0 Å². The van der Waals surface area contributed by atoms with Gasteiger partial charge in [0.05, 0.1) is 6.54 Å². The molecule has 11 heteroatoms. The predicted molar refractivity (Wildman–Crippen MR) is 209 cm³/mol. The fourth-order valence-electron chi connectivity index (χ4n) is 7.29. The number of hydrogen-bond donors (Lipinski definition) is 1. The van der Waals surface area contributed by atoms with Crippen LogP contribution in [-0.4, -0.2) is 91.9 Å². The molecular weight excluding hydrogens is 707 g/mol. The fourth-order valence-corrected chi connectivity index (χ4v) is 7.29. The minimum absolute atomic E-state index is 0.0324. The van der Waals surface area contributed by atoms with Gasteiger partial charge in [-0.1, -0.05) is 140 Å². The first-order chi connectivity index (χ1) is 27.2. The topological polar surface area (TPSA) is 122 Å². The number of rotatable bonds is 8. The van der Waals surface area contributed by atoms with Gasteiger partial charge in [0.2, 0.25) is 23.6 Å². The normalized spacial score (nSPS) is 18.4. The second kappa shape index (κ2) is 16.8. The lowest BCUT2D eigenvalue weighted by molar-refractivity contribution is -0.153. The number of carbonyl (C=O) groups is 5. The fraction of sp³-hybridized carbons (Fsp3) is 0.222. The number of aliphatic hydroxyl groups is 1. The number of nitrogens with zero attached hydrogens (tertiary/aromatic N) is 5. The van der Waals surface area contributed by atoms with E-state index in [1.54, 1.807) is 24.3 Å². The number of hydrogen-bond acceptors (Lipinski definition) is 6. The van der Waals surface area contributed by atoms with Crippen LogP contribution in [0.25, 0.3) is 0 Å². The van der Waals surface area contributed by atoms with E-state index >= 15 is 0 Å². The molecule has 284 valence electrons. The van der Waals surface area contributed by atoms with Crippen LogP contribution in [0.15, 0.2) is 146 Å². The smallest absolute Gasteiger partial charge is 0.257 e. The molecule has 2 heterocycles. The third-order valence-electron chi connectivity index (χ3n) is 10.2. The summed E-state index contributed by atoms with van der Waals surface area (Å²) < 4.78 is 0. The average Bonchev–Trinajstić information content (AvgIpc) is 3.42. The summed E-state index contributed by atoms with van der Waals surface area (Å²) in [6, 6.07) is 43.5. The van der Waals surface area contributed by atoms with Gasteiger partial charge in [-0.3, -0.25) is 28.9 Å². The monoisotopic (exact) mass is 749 g/mol. The first-order valence-corrected chi connectivity index (χ1v) is 18.6. The van der Waals surface area contributed by atoms with Crippen LogP contribution in [0.3, 0.4) is 0 Å². The van der Waals surface area contributed by atoms with Crippen molar-refractivity contribution in [1.82, 2.24) is 24.5 Å². The molecule has 1 saturated heterocycles. The molecule has 2 aliphatic rings. The number of carbonyl (C=O) groups excluding carboxylic acids is 5. The summed E-state index contributed by atoms with van der Waals surface area (Å²) in [6.07, 6.45) is 0. The summed E-state index contributed by atoms with van der Waals surface area (Å²) in [4.78, 5) is 78.9. The summed E-state index contributed by atoms with van der Waals surface area (Å²) in [5.74, 6) is -2.62. The van der Waals surface area contributed by atoms with E-state index < -0.39 is 48.4 Å². The maximum Gasteiger partial charge on any atom is 0.257 e. The maximum absolute atomic E-state index is 14.6. The summed E-state index contributed by atoms with van der Waals surface area (Å²) in [5, 5.41) is 12.8. The molecule has 2 aliphatic heterocycles. The first-order valence-electron chi connectivity index (χ1n) is 18.6. The van der Waals surface area contributed by atoms with Gasteiger partial charge in [-0.05, 0) is 28.3 Å². The lowest BCUT2D eigenvalue weighted by Crippen LogP contribution is -2.56. The number of fused-ring (bicyclic) bond motifs is 3. The van der Waals surface area contributed by atoms with Gasteiger partial charge >= 0.3 is 0 Å². The van der Waals surface area contributed by atoms with Crippen molar-refractivity contribution in [3.05, 3.63) is 179 Å². The Morgan fingerprint density at radius 2 is 0.732 bits per heavy atom. The van der Waals surface area contributed by atoms with Crippen LogP contribution in [0.1, 0.15) is 38.2 Å². The second-order valence-electron chi connectivity index (χ2n) is 14.2. The molecule has 1 N–H and O–H groups in total. The molecule has 1 atom stereocenters. The van der Waals surface area contributed by atoms with Crippen molar-refractivity contribution in [1.29, 1.82) is 0 Å². The molecule has 0 saturated carbocycles. The largest absolute Gasteiger partial charge is 0.365 e. The number of benzene rings is 5. The van der Waals surface area contributed by atoms with E-state index in [4.69, 9.17) is 0 Å². The second-order valence-corrected chi connectivity index (χ2v) is 14.2. The van der Waals surface area contributed by atoms with E-state index in [9.17, 15) is 29.1 Å². The maximum atomic E-state index is 14.6. The lowest BCUT2D eigenvalue weighted by Gasteiger charge is -2.39. The van der Waals surface area contributed by atoms with Crippen LogP contribution in [0.4, 0.5) is 0 Å². The van der Waals surface area contributed by atoms with Crippen molar-refractivity contribution >= 4 is 29.5 Å². The molecule has 11 nitrogen and oxygen atoms in total. The van der Waals surface area contributed by atoms with Crippen LogP contribution < -0.4 is 0 Å².